The minimum Gasteiger partial charge on any atom is -0.266 e. The Balaban J connectivity index is 2.29. The number of nitriles is 1. The molecule has 0 unspecified atom stereocenters. The highest BCUT2D eigenvalue weighted by Crippen LogP contribution is 2.15. The van der Waals surface area contributed by atoms with E-state index in [1.54, 1.807) is 0 Å². The van der Waals surface area contributed by atoms with Crippen molar-refractivity contribution in [2.75, 3.05) is 6.54 Å². The first-order chi connectivity index (χ1) is 9.14. The molecule has 1 N–H and O–H groups in total. The zero-order valence-electron chi connectivity index (χ0n) is 10.0. The average Bonchev–Trinajstić information content (AvgIpc) is 2.94. The van der Waals surface area contributed by atoms with E-state index in [2.05, 4.69) is 10.2 Å². The van der Waals surface area contributed by atoms with Crippen LogP contribution in [0.4, 0.5) is 0 Å². The number of benzene rings is 1. The van der Waals surface area contributed by atoms with Crippen molar-refractivity contribution >= 4 is 10.0 Å². The molecule has 0 saturated heterocycles. The molecule has 0 aliphatic carbocycles. The SMILES string of the molecule is N#CCN(Cc1ccccc1)S(=O)(=O)c1ccn[nH]1. The van der Waals surface area contributed by atoms with Crippen LogP contribution in [0.2, 0.25) is 0 Å². The van der Waals surface area contributed by atoms with Crippen LogP contribution in [-0.4, -0.2) is 29.5 Å². The number of rotatable bonds is 5. The normalized spacial score (nSPS) is 11.4. The number of aromatic amines is 1. The van der Waals surface area contributed by atoms with Crippen molar-refractivity contribution in [3.8, 4) is 6.07 Å². The van der Waals surface area contributed by atoms with E-state index in [1.807, 2.05) is 36.4 Å². The highest BCUT2D eigenvalue weighted by Gasteiger charge is 2.25. The first-order valence-corrected chi connectivity index (χ1v) is 6.99. The van der Waals surface area contributed by atoms with Crippen LogP contribution in [0, 0.1) is 11.3 Å². The van der Waals surface area contributed by atoms with Gasteiger partial charge in [-0.25, -0.2) is 8.42 Å². The maximum Gasteiger partial charge on any atom is 0.261 e. The van der Waals surface area contributed by atoms with Crippen molar-refractivity contribution in [2.24, 2.45) is 0 Å². The van der Waals surface area contributed by atoms with Gasteiger partial charge in [-0.3, -0.25) is 5.10 Å². The van der Waals surface area contributed by atoms with Crippen LogP contribution in [0.15, 0.2) is 47.6 Å². The van der Waals surface area contributed by atoms with Gasteiger partial charge in [0, 0.05) is 6.54 Å². The smallest absolute Gasteiger partial charge is 0.261 e. The Bertz CT molecular complexity index is 660. The van der Waals surface area contributed by atoms with Crippen LogP contribution >= 0.6 is 0 Å². The lowest BCUT2D eigenvalue weighted by Gasteiger charge is -2.18. The van der Waals surface area contributed by atoms with Gasteiger partial charge in [-0.05, 0) is 11.6 Å². The number of H-pyrrole nitrogens is 1. The number of hydrogen-bond donors (Lipinski definition) is 1. The molecule has 7 heteroatoms. The Morgan fingerprint density at radius 1 is 1.26 bits per heavy atom. The summed E-state index contributed by atoms with van der Waals surface area (Å²) in [6, 6.07) is 12.4. The zero-order chi connectivity index (χ0) is 13.7. The van der Waals surface area contributed by atoms with Gasteiger partial charge in [-0.2, -0.15) is 14.7 Å². The van der Waals surface area contributed by atoms with Crippen molar-refractivity contribution in [1.82, 2.24) is 14.5 Å². The highest BCUT2D eigenvalue weighted by atomic mass is 32.2. The quantitative estimate of drug-likeness (QED) is 0.829. The summed E-state index contributed by atoms with van der Waals surface area (Å²) in [6.07, 6.45) is 1.36. The van der Waals surface area contributed by atoms with E-state index in [4.69, 9.17) is 5.26 Å². The van der Waals surface area contributed by atoms with Crippen LogP contribution in [0.25, 0.3) is 0 Å². The molecule has 1 aromatic heterocycles. The molecule has 0 fully saturated rings. The Morgan fingerprint density at radius 2 is 2.00 bits per heavy atom. The van der Waals surface area contributed by atoms with Gasteiger partial charge in [0.2, 0.25) is 0 Å². The second kappa shape index (κ2) is 5.65. The third-order valence-corrected chi connectivity index (χ3v) is 4.26. The fourth-order valence-electron chi connectivity index (χ4n) is 1.62. The summed E-state index contributed by atoms with van der Waals surface area (Å²) in [5.74, 6) is 0. The molecule has 0 saturated carbocycles. The van der Waals surface area contributed by atoms with Crippen LogP contribution < -0.4 is 0 Å². The van der Waals surface area contributed by atoms with Crippen molar-refractivity contribution in [1.29, 1.82) is 5.26 Å². The molecular weight excluding hydrogens is 264 g/mol. The summed E-state index contributed by atoms with van der Waals surface area (Å²) in [7, 11) is -3.73. The third-order valence-electron chi connectivity index (χ3n) is 2.54. The third kappa shape index (κ3) is 2.99. The zero-order valence-corrected chi connectivity index (χ0v) is 10.8. The molecule has 1 heterocycles. The first kappa shape index (κ1) is 13.3. The minimum absolute atomic E-state index is 0.0151. The minimum atomic E-state index is -3.73. The Hall–Kier alpha value is -2.17. The van der Waals surface area contributed by atoms with Gasteiger partial charge in [0.05, 0.1) is 12.3 Å². The molecule has 6 nitrogen and oxygen atoms in total. The van der Waals surface area contributed by atoms with E-state index < -0.39 is 10.0 Å². The summed E-state index contributed by atoms with van der Waals surface area (Å²) in [5, 5.41) is 14.8. The van der Waals surface area contributed by atoms with E-state index >= 15 is 0 Å². The summed E-state index contributed by atoms with van der Waals surface area (Å²) < 4.78 is 25.7. The van der Waals surface area contributed by atoms with Gasteiger partial charge >= 0.3 is 0 Å². The number of hydrogen-bond acceptors (Lipinski definition) is 4. The molecular formula is C12H12N4O2S. The average molecular weight is 276 g/mol. The van der Waals surface area contributed by atoms with Crippen LogP contribution in [0.3, 0.4) is 0 Å². The van der Waals surface area contributed by atoms with Gasteiger partial charge in [0.25, 0.3) is 10.0 Å². The molecule has 0 aliphatic heterocycles. The fourth-order valence-corrected chi connectivity index (χ4v) is 2.84. The summed E-state index contributed by atoms with van der Waals surface area (Å²) >= 11 is 0. The van der Waals surface area contributed by atoms with E-state index in [-0.39, 0.29) is 18.1 Å². The van der Waals surface area contributed by atoms with Gasteiger partial charge < -0.3 is 0 Å². The number of nitrogens with one attached hydrogen (secondary N) is 1. The van der Waals surface area contributed by atoms with Crippen LogP contribution in [-0.2, 0) is 16.6 Å². The van der Waals surface area contributed by atoms with Gasteiger partial charge in [0.15, 0.2) is 5.03 Å². The largest absolute Gasteiger partial charge is 0.266 e. The molecule has 2 rings (SSSR count). The van der Waals surface area contributed by atoms with E-state index in [9.17, 15) is 8.42 Å². The maximum atomic E-state index is 12.3. The lowest BCUT2D eigenvalue weighted by atomic mass is 10.2. The van der Waals surface area contributed by atoms with Gasteiger partial charge in [-0.1, -0.05) is 30.3 Å². The first-order valence-electron chi connectivity index (χ1n) is 5.55. The van der Waals surface area contributed by atoms with Crippen molar-refractivity contribution < 1.29 is 8.42 Å². The number of aromatic nitrogens is 2. The van der Waals surface area contributed by atoms with E-state index in [1.165, 1.54) is 12.3 Å². The standard InChI is InChI=1S/C12H12N4O2S/c13-7-9-16(10-11-4-2-1-3-5-11)19(17,18)12-6-8-14-15-12/h1-6,8H,9-10H2,(H,14,15). The lowest BCUT2D eigenvalue weighted by Crippen LogP contribution is -2.31. The summed E-state index contributed by atoms with van der Waals surface area (Å²) in [6.45, 7) is -0.0635. The van der Waals surface area contributed by atoms with Crippen molar-refractivity contribution in [2.45, 2.75) is 11.6 Å². The molecule has 2 aromatic rings. The lowest BCUT2D eigenvalue weighted by molar-refractivity contribution is 0.438. The molecule has 0 amide bonds. The molecule has 0 bridgehead atoms. The highest BCUT2D eigenvalue weighted by molar-refractivity contribution is 7.89. The molecule has 0 atom stereocenters. The van der Waals surface area contributed by atoms with Crippen LogP contribution in [0.5, 0.6) is 0 Å². The monoisotopic (exact) mass is 276 g/mol. The van der Waals surface area contributed by atoms with Gasteiger partial charge in [-0.15, -0.1) is 0 Å². The second-order valence-electron chi connectivity index (χ2n) is 3.84. The Labute approximate surface area is 111 Å². The van der Waals surface area contributed by atoms with Crippen molar-refractivity contribution in [3.63, 3.8) is 0 Å². The molecule has 0 radical (unpaired) electrons. The molecule has 19 heavy (non-hydrogen) atoms. The number of nitrogens with zero attached hydrogens (tertiary/aromatic N) is 3. The van der Waals surface area contributed by atoms with E-state index in [0.29, 0.717) is 0 Å². The predicted molar refractivity (Wildman–Crippen MR) is 68.2 cm³/mol. The molecule has 98 valence electrons. The van der Waals surface area contributed by atoms with Gasteiger partial charge in [0.1, 0.15) is 6.54 Å². The van der Waals surface area contributed by atoms with Crippen molar-refractivity contribution in [3.05, 3.63) is 48.2 Å². The van der Waals surface area contributed by atoms with E-state index in [0.717, 1.165) is 9.87 Å². The maximum absolute atomic E-state index is 12.3. The second-order valence-corrected chi connectivity index (χ2v) is 5.74. The Morgan fingerprint density at radius 3 is 2.58 bits per heavy atom. The summed E-state index contributed by atoms with van der Waals surface area (Å²) in [4.78, 5) is 0. The fraction of sp³-hybridized carbons (Fsp3) is 0.167. The topological polar surface area (TPSA) is 89.8 Å². The number of sulfonamides is 1. The Kier molecular flexibility index (Phi) is 3.94. The predicted octanol–water partition coefficient (Wildman–Crippen LogP) is 1.12. The molecule has 0 spiro atoms. The summed E-state index contributed by atoms with van der Waals surface area (Å²) in [5.41, 5.74) is 0.820. The molecule has 0 aliphatic rings. The molecule has 1 aromatic carbocycles. The van der Waals surface area contributed by atoms with Crippen LogP contribution in [0.1, 0.15) is 5.56 Å².